The third-order valence-electron chi connectivity index (χ3n) is 4.47. The van der Waals surface area contributed by atoms with Crippen LogP contribution in [-0.4, -0.2) is 33.3 Å². The van der Waals surface area contributed by atoms with Crippen LogP contribution in [0.4, 0.5) is 13.2 Å². The maximum absolute atomic E-state index is 12.8. The number of aromatic nitrogens is 2. The molecule has 11 heteroatoms. The zero-order chi connectivity index (χ0) is 21.9. The lowest BCUT2D eigenvalue weighted by Crippen LogP contribution is -2.58. The van der Waals surface area contributed by atoms with E-state index in [2.05, 4.69) is 25.9 Å². The number of rotatable bonds is 5. The Labute approximate surface area is 175 Å². The molecule has 7 nitrogen and oxygen atoms in total. The minimum Gasteiger partial charge on any atom is -0.346 e. The van der Waals surface area contributed by atoms with Gasteiger partial charge in [0.2, 0.25) is 11.8 Å². The fourth-order valence-corrected chi connectivity index (χ4v) is 3.55. The number of alkyl halides is 3. The van der Waals surface area contributed by atoms with E-state index in [4.69, 9.17) is 0 Å². The molecule has 2 atom stereocenters. The molecule has 3 rings (SSSR count). The highest BCUT2D eigenvalue weighted by atomic mass is 32.2. The van der Waals surface area contributed by atoms with E-state index in [1.807, 2.05) is 0 Å². The number of halogens is 3. The van der Waals surface area contributed by atoms with E-state index in [9.17, 15) is 22.8 Å². The molecule has 0 aliphatic carbocycles. The van der Waals surface area contributed by atoms with Gasteiger partial charge in [-0.05, 0) is 49.4 Å². The fraction of sp³-hybridized carbons (Fsp3) is 0.368. The van der Waals surface area contributed by atoms with Gasteiger partial charge in [-0.1, -0.05) is 12.1 Å². The van der Waals surface area contributed by atoms with E-state index in [0.717, 1.165) is 0 Å². The maximum Gasteiger partial charge on any atom is 0.446 e. The quantitative estimate of drug-likeness (QED) is 0.620. The molecule has 2 heterocycles. The van der Waals surface area contributed by atoms with Crippen LogP contribution in [0, 0.1) is 0 Å². The van der Waals surface area contributed by atoms with Gasteiger partial charge in [0.15, 0.2) is 5.82 Å². The highest BCUT2D eigenvalue weighted by Crippen LogP contribution is 2.37. The Bertz CT molecular complexity index is 907. The molecule has 0 bridgehead atoms. The van der Waals surface area contributed by atoms with Crippen LogP contribution in [-0.2, 0) is 15.1 Å². The van der Waals surface area contributed by atoms with Crippen LogP contribution in [0.15, 0.2) is 47.6 Å². The predicted octanol–water partition coefficient (Wildman–Crippen LogP) is 2.62. The van der Waals surface area contributed by atoms with Crippen molar-refractivity contribution in [1.29, 1.82) is 0 Å². The number of thioether (sulfide) groups is 1. The number of carbonyl (C=O) groups excluding carboxylic acids is 2. The van der Waals surface area contributed by atoms with Crippen molar-refractivity contribution in [3.05, 3.63) is 54.1 Å². The van der Waals surface area contributed by atoms with Gasteiger partial charge < -0.3 is 10.6 Å². The lowest BCUT2D eigenvalue weighted by Gasteiger charge is -2.33. The molecule has 30 heavy (non-hydrogen) atoms. The molecule has 0 saturated carbocycles. The number of hydrogen-bond acceptors (Lipinski definition) is 6. The van der Waals surface area contributed by atoms with Crippen molar-refractivity contribution < 1.29 is 22.8 Å². The molecule has 1 aliphatic rings. The number of carbonyl (C=O) groups is 2. The average Bonchev–Trinajstić information content (AvgIpc) is 2.67. The average molecular weight is 439 g/mol. The third-order valence-corrected chi connectivity index (χ3v) is 5.21. The number of amides is 2. The fourth-order valence-electron chi connectivity index (χ4n) is 3.01. The summed E-state index contributed by atoms with van der Waals surface area (Å²) in [7, 11) is 0. The molecule has 2 unspecified atom stereocenters. The first-order valence-electron chi connectivity index (χ1n) is 9.04. The van der Waals surface area contributed by atoms with Crippen LogP contribution in [0.5, 0.6) is 0 Å². The van der Waals surface area contributed by atoms with Gasteiger partial charge >= 0.3 is 5.51 Å². The number of nitrogens with zero attached hydrogens (tertiary/aromatic N) is 2. The van der Waals surface area contributed by atoms with Gasteiger partial charge in [0.1, 0.15) is 6.17 Å². The Morgan fingerprint density at radius 3 is 2.40 bits per heavy atom. The number of nitrogens with one attached hydrogen (secondary N) is 3. The molecule has 2 amide bonds. The number of benzene rings is 1. The molecule has 1 aromatic carbocycles. The summed E-state index contributed by atoms with van der Waals surface area (Å²) in [6, 6.07) is 6.62. The Balaban J connectivity index is 1.68. The van der Waals surface area contributed by atoms with Gasteiger partial charge in [-0.15, -0.1) is 0 Å². The molecule has 3 N–H and O–H groups in total. The Hall–Kier alpha value is -2.66. The standard InChI is InChI=1S/C19H20F3N5O2S/c1-18(2,11-4-6-12(7-5-11)30-19(20,21)22)27-17(29)13-10-14(28)26-16(25-13)15-23-8-3-9-24-15/h3-9,13,16,25H,10H2,1-2H3,(H,26,28)(H,27,29). The summed E-state index contributed by atoms with van der Waals surface area (Å²) >= 11 is -0.199. The van der Waals surface area contributed by atoms with Crippen molar-refractivity contribution in [2.24, 2.45) is 0 Å². The van der Waals surface area contributed by atoms with Gasteiger partial charge in [-0.3, -0.25) is 14.9 Å². The highest BCUT2D eigenvalue weighted by molar-refractivity contribution is 8.00. The lowest BCUT2D eigenvalue weighted by molar-refractivity contribution is -0.133. The first-order valence-corrected chi connectivity index (χ1v) is 9.86. The van der Waals surface area contributed by atoms with Crippen molar-refractivity contribution >= 4 is 23.6 Å². The molecule has 2 aromatic rings. The van der Waals surface area contributed by atoms with Crippen LogP contribution in [0.3, 0.4) is 0 Å². The lowest BCUT2D eigenvalue weighted by atomic mass is 9.93. The van der Waals surface area contributed by atoms with Crippen molar-refractivity contribution in [2.45, 2.75) is 48.4 Å². The zero-order valence-corrected chi connectivity index (χ0v) is 17.0. The molecule has 0 radical (unpaired) electrons. The summed E-state index contributed by atoms with van der Waals surface area (Å²) in [5, 5.41) is 8.55. The van der Waals surface area contributed by atoms with E-state index in [0.29, 0.717) is 11.4 Å². The Kier molecular flexibility index (Phi) is 6.32. The predicted molar refractivity (Wildman–Crippen MR) is 104 cm³/mol. The molecular weight excluding hydrogens is 419 g/mol. The summed E-state index contributed by atoms with van der Waals surface area (Å²) in [6.07, 6.45) is 2.30. The molecule has 0 spiro atoms. The van der Waals surface area contributed by atoms with E-state index in [-0.39, 0.29) is 29.0 Å². The van der Waals surface area contributed by atoms with Gasteiger partial charge in [0.25, 0.3) is 0 Å². The van der Waals surface area contributed by atoms with Crippen LogP contribution >= 0.6 is 11.8 Å². The van der Waals surface area contributed by atoms with Crippen LogP contribution in [0.25, 0.3) is 0 Å². The van der Waals surface area contributed by atoms with Crippen LogP contribution < -0.4 is 16.0 Å². The second-order valence-corrected chi connectivity index (χ2v) is 8.36. The Morgan fingerprint density at radius 2 is 1.80 bits per heavy atom. The minimum atomic E-state index is -4.36. The first kappa shape index (κ1) is 22.0. The Morgan fingerprint density at radius 1 is 1.17 bits per heavy atom. The smallest absolute Gasteiger partial charge is 0.346 e. The molecule has 1 fully saturated rings. The van der Waals surface area contributed by atoms with Gasteiger partial charge in [0, 0.05) is 17.3 Å². The third kappa shape index (κ3) is 5.70. The van der Waals surface area contributed by atoms with E-state index < -0.39 is 29.2 Å². The second-order valence-electron chi connectivity index (χ2n) is 7.22. The van der Waals surface area contributed by atoms with E-state index >= 15 is 0 Å². The van der Waals surface area contributed by atoms with Gasteiger partial charge in [-0.2, -0.15) is 13.2 Å². The summed E-state index contributed by atoms with van der Waals surface area (Å²) < 4.78 is 37.5. The maximum atomic E-state index is 12.8. The summed E-state index contributed by atoms with van der Waals surface area (Å²) in [6.45, 7) is 3.47. The molecule has 160 valence electrons. The van der Waals surface area contributed by atoms with Crippen molar-refractivity contribution in [2.75, 3.05) is 0 Å². The van der Waals surface area contributed by atoms with Crippen molar-refractivity contribution in [3.63, 3.8) is 0 Å². The van der Waals surface area contributed by atoms with Crippen LogP contribution in [0.2, 0.25) is 0 Å². The van der Waals surface area contributed by atoms with Gasteiger partial charge in [-0.25, -0.2) is 9.97 Å². The van der Waals surface area contributed by atoms with E-state index in [1.54, 1.807) is 19.9 Å². The minimum absolute atomic E-state index is 0.0599. The molecule has 1 aliphatic heterocycles. The topological polar surface area (TPSA) is 96.0 Å². The summed E-state index contributed by atoms with van der Waals surface area (Å²) in [4.78, 5) is 33.1. The molecular formula is C19H20F3N5O2S. The van der Waals surface area contributed by atoms with E-state index in [1.165, 1.54) is 36.7 Å². The zero-order valence-electron chi connectivity index (χ0n) is 16.2. The SMILES string of the molecule is CC(C)(NC(=O)C1CC(=O)NC(c2ncccn2)N1)c1ccc(SC(F)(F)F)cc1. The summed E-state index contributed by atoms with van der Waals surface area (Å²) in [5.41, 5.74) is -4.60. The van der Waals surface area contributed by atoms with Crippen molar-refractivity contribution in [3.8, 4) is 0 Å². The first-order chi connectivity index (χ1) is 14.0. The molecule has 1 aromatic heterocycles. The van der Waals surface area contributed by atoms with Crippen LogP contribution in [0.1, 0.15) is 37.8 Å². The van der Waals surface area contributed by atoms with Crippen molar-refractivity contribution in [1.82, 2.24) is 25.9 Å². The van der Waals surface area contributed by atoms with Gasteiger partial charge in [0.05, 0.1) is 18.0 Å². The summed E-state index contributed by atoms with van der Waals surface area (Å²) in [5.74, 6) is -0.400. The monoisotopic (exact) mass is 439 g/mol. The molecule has 1 saturated heterocycles. The highest BCUT2D eigenvalue weighted by Gasteiger charge is 2.35. The number of hydrogen-bond donors (Lipinski definition) is 3. The normalized spacial score (nSPS) is 19.8. The second kappa shape index (κ2) is 8.60. The largest absolute Gasteiger partial charge is 0.446 e.